The summed E-state index contributed by atoms with van der Waals surface area (Å²) in [4.78, 5) is 10.9. The van der Waals surface area contributed by atoms with Gasteiger partial charge in [0.15, 0.2) is 5.75 Å². The van der Waals surface area contributed by atoms with Crippen LogP contribution in [0.15, 0.2) is 12.1 Å². The molecule has 0 fully saturated rings. The summed E-state index contributed by atoms with van der Waals surface area (Å²) in [5.74, 6) is 0.203. The lowest BCUT2D eigenvalue weighted by Gasteiger charge is -2.07. The number of ether oxygens (including phenoxy) is 1. The van der Waals surface area contributed by atoms with Crippen LogP contribution in [0.5, 0.6) is 5.75 Å². The van der Waals surface area contributed by atoms with Crippen LogP contribution in [-0.4, -0.2) is 12.4 Å². The van der Waals surface area contributed by atoms with Gasteiger partial charge in [0.2, 0.25) is 0 Å². The number of carbonyl (C=O) groups is 1. The minimum Gasteiger partial charge on any atom is -0.494 e. The van der Waals surface area contributed by atoms with Crippen LogP contribution in [0, 0.1) is 0 Å². The Bertz CT molecular complexity index is 349. The van der Waals surface area contributed by atoms with Crippen molar-refractivity contribution in [3.8, 4) is 5.75 Å². The van der Waals surface area contributed by atoms with Gasteiger partial charge in [0.1, 0.15) is 5.02 Å². The molecule has 0 N–H and O–H groups in total. The van der Waals surface area contributed by atoms with E-state index in [4.69, 9.17) is 39.5 Å². The standard InChI is InChI=1S/C8H5Cl3O2/c1-13-7-4(8(11)12)2-3-5(9)6(7)10/h2-3H,1H3. The monoisotopic (exact) mass is 238 g/mol. The molecule has 0 aromatic heterocycles. The second kappa shape index (κ2) is 4.18. The predicted octanol–water partition coefficient (Wildman–Crippen LogP) is 3.38. The van der Waals surface area contributed by atoms with Crippen molar-refractivity contribution >= 4 is 40.0 Å². The van der Waals surface area contributed by atoms with E-state index in [1.807, 2.05) is 0 Å². The number of methoxy groups -OCH3 is 1. The summed E-state index contributed by atoms with van der Waals surface area (Å²) in [5.41, 5.74) is 0.207. The number of hydrogen-bond donors (Lipinski definition) is 0. The number of carbonyl (C=O) groups excluding carboxylic acids is 1. The summed E-state index contributed by atoms with van der Waals surface area (Å²) in [5, 5.41) is -0.119. The van der Waals surface area contributed by atoms with Gasteiger partial charge in [0.05, 0.1) is 17.7 Å². The van der Waals surface area contributed by atoms with Gasteiger partial charge >= 0.3 is 0 Å². The van der Waals surface area contributed by atoms with Gasteiger partial charge in [-0.3, -0.25) is 4.79 Å². The molecule has 0 heterocycles. The van der Waals surface area contributed by atoms with E-state index in [1.54, 1.807) is 0 Å². The van der Waals surface area contributed by atoms with Crippen molar-refractivity contribution in [3.63, 3.8) is 0 Å². The Morgan fingerprint density at radius 3 is 2.46 bits per heavy atom. The number of halogens is 3. The van der Waals surface area contributed by atoms with Crippen LogP contribution < -0.4 is 4.74 Å². The lowest BCUT2D eigenvalue weighted by molar-refractivity contribution is 0.107. The highest BCUT2D eigenvalue weighted by Crippen LogP contribution is 2.35. The molecule has 0 saturated carbocycles. The first-order valence-corrected chi connectivity index (χ1v) is 4.43. The fraction of sp³-hybridized carbons (Fsp3) is 0.125. The second-order valence-corrected chi connectivity index (χ2v) is 3.34. The van der Waals surface area contributed by atoms with E-state index in [9.17, 15) is 4.79 Å². The van der Waals surface area contributed by atoms with Crippen LogP contribution in [-0.2, 0) is 0 Å². The largest absolute Gasteiger partial charge is 0.494 e. The molecule has 0 radical (unpaired) electrons. The lowest BCUT2D eigenvalue weighted by atomic mass is 10.2. The predicted molar refractivity (Wildman–Crippen MR) is 53.2 cm³/mol. The van der Waals surface area contributed by atoms with E-state index in [0.29, 0.717) is 5.02 Å². The normalized spacial score (nSPS) is 9.85. The minimum atomic E-state index is -0.629. The van der Waals surface area contributed by atoms with E-state index >= 15 is 0 Å². The average molecular weight is 239 g/mol. The zero-order valence-corrected chi connectivity index (χ0v) is 8.87. The summed E-state index contributed by atoms with van der Waals surface area (Å²) >= 11 is 16.8. The average Bonchev–Trinajstić information content (AvgIpc) is 2.09. The molecule has 0 amide bonds. The highest BCUT2D eigenvalue weighted by molar-refractivity contribution is 6.68. The maximum Gasteiger partial charge on any atom is 0.256 e. The summed E-state index contributed by atoms with van der Waals surface area (Å²) in [6.45, 7) is 0. The molecule has 0 aliphatic heterocycles. The van der Waals surface area contributed by atoms with Crippen molar-refractivity contribution in [1.29, 1.82) is 0 Å². The van der Waals surface area contributed by atoms with Crippen molar-refractivity contribution in [2.24, 2.45) is 0 Å². The quantitative estimate of drug-likeness (QED) is 0.740. The molecule has 0 saturated heterocycles. The Hall–Kier alpha value is -0.440. The molecule has 0 bridgehead atoms. The van der Waals surface area contributed by atoms with Gasteiger partial charge in [-0.15, -0.1) is 0 Å². The van der Waals surface area contributed by atoms with Gasteiger partial charge in [-0.25, -0.2) is 0 Å². The fourth-order valence-electron chi connectivity index (χ4n) is 0.886. The Morgan fingerprint density at radius 1 is 1.38 bits per heavy atom. The number of rotatable bonds is 2. The Morgan fingerprint density at radius 2 is 2.00 bits per heavy atom. The van der Waals surface area contributed by atoms with Crippen molar-refractivity contribution in [3.05, 3.63) is 27.7 Å². The summed E-state index contributed by atoms with van der Waals surface area (Å²) < 4.78 is 4.90. The maximum absolute atomic E-state index is 10.9. The maximum atomic E-state index is 10.9. The third-order valence-electron chi connectivity index (χ3n) is 1.47. The molecule has 0 aliphatic rings. The van der Waals surface area contributed by atoms with Gasteiger partial charge in [0.25, 0.3) is 5.24 Å². The fourth-order valence-corrected chi connectivity index (χ4v) is 1.43. The molecule has 0 spiro atoms. The molecule has 13 heavy (non-hydrogen) atoms. The molecule has 2 nitrogen and oxygen atoms in total. The van der Waals surface area contributed by atoms with Crippen molar-refractivity contribution in [2.75, 3.05) is 7.11 Å². The van der Waals surface area contributed by atoms with Crippen LogP contribution in [0.4, 0.5) is 0 Å². The van der Waals surface area contributed by atoms with Crippen LogP contribution in [0.2, 0.25) is 10.0 Å². The Labute approximate surface area is 90.3 Å². The molecule has 1 aromatic rings. The van der Waals surface area contributed by atoms with Gasteiger partial charge < -0.3 is 4.74 Å². The minimum absolute atomic E-state index is 0.190. The zero-order chi connectivity index (χ0) is 10.0. The molecule has 1 rings (SSSR count). The van der Waals surface area contributed by atoms with Crippen molar-refractivity contribution in [1.82, 2.24) is 0 Å². The van der Waals surface area contributed by atoms with Crippen LogP contribution >= 0.6 is 34.8 Å². The van der Waals surface area contributed by atoms with Crippen LogP contribution in [0.1, 0.15) is 10.4 Å². The topological polar surface area (TPSA) is 26.3 Å². The molecule has 70 valence electrons. The molecule has 0 aliphatic carbocycles. The first-order valence-electron chi connectivity index (χ1n) is 3.29. The number of benzene rings is 1. The number of hydrogen-bond acceptors (Lipinski definition) is 2. The summed E-state index contributed by atoms with van der Waals surface area (Å²) in [6.07, 6.45) is 0. The van der Waals surface area contributed by atoms with Gasteiger partial charge in [-0.2, -0.15) is 0 Å². The van der Waals surface area contributed by atoms with Gasteiger partial charge in [-0.1, -0.05) is 23.2 Å². The van der Waals surface area contributed by atoms with Crippen LogP contribution in [0.3, 0.4) is 0 Å². The first kappa shape index (κ1) is 10.6. The van der Waals surface area contributed by atoms with E-state index in [0.717, 1.165) is 0 Å². The first-order chi connectivity index (χ1) is 6.07. The zero-order valence-electron chi connectivity index (χ0n) is 6.61. The van der Waals surface area contributed by atoms with E-state index in [1.165, 1.54) is 19.2 Å². The van der Waals surface area contributed by atoms with Gasteiger partial charge in [-0.05, 0) is 23.7 Å². The second-order valence-electron chi connectivity index (χ2n) is 2.22. The lowest BCUT2D eigenvalue weighted by Crippen LogP contribution is -1.96. The van der Waals surface area contributed by atoms with E-state index in [2.05, 4.69) is 0 Å². The molecular weight excluding hydrogens is 234 g/mol. The molecule has 5 heteroatoms. The van der Waals surface area contributed by atoms with E-state index in [-0.39, 0.29) is 16.3 Å². The van der Waals surface area contributed by atoms with Crippen molar-refractivity contribution < 1.29 is 9.53 Å². The highest BCUT2D eigenvalue weighted by atomic mass is 35.5. The third kappa shape index (κ3) is 2.08. The molecule has 1 aromatic carbocycles. The highest BCUT2D eigenvalue weighted by Gasteiger charge is 2.15. The molecule has 0 atom stereocenters. The Kier molecular flexibility index (Phi) is 3.42. The molecule has 0 unspecified atom stereocenters. The van der Waals surface area contributed by atoms with Crippen molar-refractivity contribution in [2.45, 2.75) is 0 Å². The summed E-state index contributed by atoms with van der Waals surface area (Å²) in [7, 11) is 1.39. The molecular formula is C8H5Cl3O2. The van der Waals surface area contributed by atoms with E-state index < -0.39 is 5.24 Å². The third-order valence-corrected chi connectivity index (χ3v) is 2.46. The SMILES string of the molecule is COc1c(C(=O)Cl)ccc(Cl)c1Cl. The summed E-state index contributed by atoms with van der Waals surface area (Å²) in [6, 6.07) is 2.95. The van der Waals surface area contributed by atoms with Crippen LogP contribution in [0.25, 0.3) is 0 Å². The smallest absolute Gasteiger partial charge is 0.256 e. The Balaban J connectivity index is 3.38. The van der Waals surface area contributed by atoms with Gasteiger partial charge in [0, 0.05) is 0 Å².